The van der Waals surface area contributed by atoms with Crippen LogP contribution in [0.2, 0.25) is 0 Å². The van der Waals surface area contributed by atoms with Gasteiger partial charge in [0.2, 0.25) is 0 Å². The molecule has 1 unspecified atom stereocenters. The van der Waals surface area contributed by atoms with Crippen LogP contribution in [-0.4, -0.2) is 22.8 Å². The second-order valence-electron chi connectivity index (χ2n) is 5.45. The number of amides is 1. The minimum Gasteiger partial charge on any atom is -0.481 e. The number of carbonyl (C=O) groups excluding carboxylic acids is 1. The van der Waals surface area contributed by atoms with Gasteiger partial charge in [-0.05, 0) is 38.5 Å². The molecule has 0 aromatic heterocycles. The second kappa shape index (κ2) is 6.38. The van der Waals surface area contributed by atoms with E-state index in [-0.39, 0.29) is 6.42 Å². The van der Waals surface area contributed by atoms with Crippen molar-refractivity contribution in [1.82, 2.24) is 0 Å². The highest BCUT2D eigenvalue weighted by Crippen LogP contribution is 2.18. The maximum atomic E-state index is 11.6. The summed E-state index contributed by atoms with van der Waals surface area (Å²) in [7, 11) is 0. The molecular weight excluding hydrogens is 260 g/mol. The van der Waals surface area contributed by atoms with Gasteiger partial charge in [-0.2, -0.15) is 0 Å². The number of carboxylic acids is 1. The molecular formula is C14H20N2O4. The zero-order valence-electron chi connectivity index (χ0n) is 11.8. The van der Waals surface area contributed by atoms with Gasteiger partial charge in [-0.3, -0.25) is 10.1 Å². The van der Waals surface area contributed by atoms with Gasteiger partial charge in [0.1, 0.15) is 5.60 Å². The van der Waals surface area contributed by atoms with Gasteiger partial charge in [0, 0.05) is 11.7 Å². The van der Waals surface area contributed by atoms with Gasteiger partial charge in [-0.15, -0.1) is 0 Å². The molecule has 6 nitrogen and oxygen atoms in total. The largest absolute Gasteiger partial charge is 0.481 e. The van der Waals surface area contributed by atoms with Gasteiger partial charge in [0.15, 0.2) is 0 Å². The molecule has 110 valence electrons. The molecule has 20 heavy (non-hydrogen) atoms. The fraction of sp³-hybridized carbons (Fsp3) is 0.429. The number of hydrogen-bond donors (Lipinski definition) is 3. The molecule has 0 spiro atoms. The van der Waals surface area contributed by atoms with Crippen LogP contribution in [0.1, 0.15) is 38.8 Å². The second-order valence-corrected chi connectivity index (χ2v) is 5.45. The van der Waals surface area contributed by atoms with Crippen LogP contribution in [0.15, 0.2) is 24.3 Å². The molecule has 0 bridgehead atoms. The van der Waals surface area contributed by atoms with Gasteiger partial charge in [-0.25, -0.2) is 4.79 Å². The molecule has 0 saturated heterocycles. The first kappa shape index (κ1) is 16.0. The highest BCUT2D eigenvalue weighted by molar-refractivity contribution is 5.84. The highest BCUT2D eigenvalue weighted by atomic mass is 16.6. The average molecular weight is 280 g/mol. The Morgan fingerprint density at radius 1 is 1.30 bits per heavy atom. The lowest BCUT2D eigenvalue weighted by Gasteiger charge is -2.19. The van der Waals surface area contributed by atoms with Crippen molar-refractivity contribution in [2.24, 2.45) is 5.73 Å². The zero-order valence-corrected chi connectivity index (χ0v) is 11.8. The van der Waals surface area contributed by atoms with Crippen molar-refractivity contribution in [1.29, 1.82) is 0 Å². The van der Waals surface area contributed by atoms with Crippen molar-refractivity contribution in [3.63, 3.8) is 0 Å². The lowest BCUT2D eigenvalue weighted by atomic mass is 10.0. The zero-order chi connectivity index (χ0) is 15.3. The summed E-state index contributed by atoms with van der Waals surface area (Å²) in [5.41, 5.74) is 6.43. The van der Waals surface area contributed by atoms with Crippen LogP contribution in [-0.2, 0) is 9.53 Å². The summed E-state index contributed by atoms with van der Waals surface area (Å²) in [5, 5.41) is 11.3. The van der Waals surface area contributed by atoms with Gasteiger partial charge in [0.05, 0.1) is 6.42 Å². The monoisotopic (exact) mass is 280 g/mol. The maximum absolute atomic E-state index is 11.6. The fourth-order valence-electron chi connectivity index (χ4n) is 1.54. The Morgan fingerprint density at radius 2 is 1.85 bits per heavy atom. The summed E-state index contributed by atoms with van der Waals surface area (Å²) in [6.07, 6.45) is -0.682. The van der Waals surface area contributed by atoms with Crippen LogP contribution in [0.5, 0.6) is 0 Å². The third-order valence-corrected chi connectivity index (χ3v) is 2.38. The Bertz CT molecular complexity index is 477. The smallest absolute Gasteiger partial charge is 0.412 e. The summed E-state index contributed by atoms with van der Waals surface area (Å²) in [6.45, 7) is 5.34. The van der Waals surface area contributed by atoms with E-state index < -0.39 is 23.7 Å². The number of carbonyl (C=O) groups is 2. The molecule has 1 rings (SSSR count). The molecule has 1 aromatic rings. The van der Waals surface area contributed by atoms with E-state index in [1.165, 1.54) is 0 Å². The maximum Gasteiger partial charge on any atom is 0.412 e. The lowest BCUT2D eigenvalue weighted by Crippen LogP contribution is -2.27. The molecule has 0 aliphatic rings. The summed E-state index contributed by atoms with van der Waals surface area (Å²) >= 11 is 0. The Hall–Kier alpha value is -2.08. The van der Waals surface area contributed by atoms with Crippen molar-refractivity contribution in [3.8, 4) is 0 Å². The van der Waals surface area contributed by atoms with Gasteiger partial charge in [-0.1, -0.05) is 12.1 Å². The minimum absolute atomic E-state index is 0.140. The molecule has 0 radical (unpaired) electrons. The van der Waals surface area contributed by atoms with Crippen LogP contribution in [0.4, 0.5) is 10.5 Å². The molecule has 1 atom stereocenters. The van der Waals surface area contributed by atoms with E-state index >= 15 is 0 Å². The SMILES string of the molecule is CC(C)(C)OC(=O)Nc1ccc(C(N)CC(=O)O)cc1. The summed E-state index contributed by atoms with van der Waals surface area (Å²) < 4.78 is 5.12. The predicted octanol–water partition coefficient (Wildman–Crippen LogP) is 2.51. The Kier molecular flexibility index (Phi) is 5.10. The summed E-state index contributed by atoms with van der Waals surface area (Å²) in [4.78, 5) is 22.1. The molecule has 1 amide bonds. The van der Waals surface area contributed by atoms with Crippen molar-refractivity contribution in [2.75, 3.05) is 5.32 Å². The van der Waals surface area contributed by atoms with E-state index in [9.17, 15) is 9.59 Å². The highest BCUT2D eigenvalue weighted by Gasteiger charge is 2.16. The van der Waals surface area contributed by atoms with Gasteiger partial charge >= 0.3 is 12.1 Å². The first-order chi connectivity index (χ1) is 9.17. The van der Waals surface area contributed by atoms with Crippen molar-refractivity contribution >= 4 is 17.7 Å². The molecule has 0 aliphatic carbocycles. The molecule has 0 fully saturated rings. The lowest BCUT2D eigenvalue weighted by molar-refractivity contribution is -0.137. The molecule has 1 aromatic carbocycles. The number of ether oxygens (including phenoxy) is 1. The van der Waals surface area contributed by atoms with E-state index in [0.29, 0.717) is 11.3 Å². The van der Waals surface area contributed by atoms with Crippen molar-refractivity contribution < 1.29 is 19.4 Å². The van der Waals surface area contributed by atoms with E-state index in [1.807, 2.05) is 0 Å². The normalized spacial score (nSPS) is 12.6. The first-order valence-electron chi connectivity index (χ1n) is 6.25. The predicted molar refractivity (Wildman–Crippen MR) is 75.5 cm³/mol. The Morgan fingerprint density at radius 3 is 2.30 bits per heavy atom. The number of anilines is 1. The quantitative estimate of drug-likeness (QED) is 0.786. The number of carboxylic acid groups (broad SMARTS) is 1. The average Bonchev–Trinajstić information content (AvgIpc) is 2.26. The first-order valence-corrected chi connectivity index (χ1v) is 6.25. The Balaban J connectivity index is 2.63. The van der Waals surface area contributed by atoms with Crippen molar-refractivity contribution in [2.45, 2.75) is 38.8 Å². The molecule has 0 aliphatic heterocycles. The van der Waals surface area contributed by atoms with Crippen LogP contribution >= 0.6 is 0 Å². The Labute approximate surface area is 117 Å². The number of benzene rings is 1. The van der Waals surface area contributed by atoms with Gasteiger partial charge < -0.3 is 15.6 Å². The van der Waals surface area contributed by atoms with E-state index in [4.69, 9.17) is 15.6 Å². The number of nitrogens with one attached hydrogen (secondary N) is 1. The topological polar surface area (TPSA) is 102 Å². The third kappa shape index (κ3) is 5.71. The van der Waals surface area contributed by atoms with E-state index in [0.717, 1.165) is 0 Å². The molecule has 0 heterocycles. The molecule has 0 saturated carbocycles. The van der Waals surface area contributed by atoms with Crippen LogP contribution in [0, 0.1) is 0 Å². The van der Waals surface area contributed by atoms with Crippen molar-refractivity contribution in [3.05, 3.63) is 29.8 Å². The van der Waals surface area contributed by atoms with Crippen LogP contribution in [0.3, 0.4) is 0 Å². The minimum atomic E-state index is -0.951. The molecule has 6 heteroatoms. The summed E-state index contributed by atoms with van der Waals surface area (Å²) in [6, 6.07) is 6.10. The summed E-state index contributed by atoms with van der Waals surface area (Å²) in [5.74, 6) is -0.951. The van der Waals surface area contributed by atoms with Crippen LogP contribution in [0.25, 0.3) is 0 Å². The third-order valence-electron chi connectivity index (χ3n) is 2.38. The number of aliphatic carboxylic acids is 1. The van der Waals surface area contributed by atoms with E-state index in [2.05, 4.69) is 5.32 Å². The fourth-order valence-corrected chi connectivity index (χ4v) is 1.54. The standard InChI is InChI=1S/C14H20N2O4/c1-14(2,3)20-13(19)16-10-6-4-9(5-7-10)11(15)8-12(17)18/h4-7,11H,8,15H2,1-3H3,(H,16,19)(H,17,18). The number of rotatable bonds is 4. The number of nitrogens with two attached hydrogens (primary N) is 1. The number of hydrogen-bond acceptors (Lipinski definition) is 4. The van der Waals surface area contributed by atoms with E-state index in [1.54, 1.807) is 45.0 Å². The van der Waals surface area contributed by atoms with Crippen LogP contribution < -0.4 is 11.1 Å². The van der Waals surface area contributed by atoms with Gasteiger partial charge in [0.25, 0.3) is 0 Å². The molecule has 4 N–H and O–H groups in total.